The minimum Gasteiger partial charge on any atom is -0.480 e. The summed E-state index contributed by atoms with van der Waals surface area (Å²) in [5.74, 6) is 2.57. The third-order valence-corrected chi connectivity index (χ3v) is 3.28. The molecule has 1 aliphatic heterocycles. The molecule has 1 aliphatic rings. The number of carboxylic acids is 1. The minimum absolute atomic E-state index is 0.0964. The number of aliphatic carboxylic acids is 1. The Morgan fingerprint density at radius 1 is 1.62 bits per heavy atom. The van der Waals surface area contributed by atoms with Crippen molar-refractivity contribution in [1.29, 1.82) is 0 Å². The highest BCUT2D eigenvalue weighted by Crippen LogP contribution is 2.16. The molecule has 0 aromatic carbocycles. The van der Waals surface area contributed by atoms with E-state index < -0.39 is 12.0 Å². The second-order valence-corrected chi connectivity index (χ2v) is 4.53. The summed E-state index contributed by atoms with van der Waals surface area (Å²) in [5.41, 5.74) is 0. The fourth-order valence-corrected chi connectivity index (χ4v) is 2.55. The van der Waals surface area contributed by atoms with Crippen LogP contribution in [-0.2, 0) is 9.59 Å². The average molecular weight is 242 g/mol. The molecule has 1 unspecified atom stereocenters. The Morgan fingerprint density at radius 2 is 2.38 bits per heavy atom. The lowest BCUT2D eigenvalue weighted by molar-refractivity contribution is -0.143. The SMILES string of the molecule is C#CCNC(=O)CN1CCSCC1C(=O)O. The Morgan fingerprint density at radius 3 is 3.00 bits per heavy atom. The van der Waals surface area contributed by atoms with Gasteiger partial charge in [-0.2, -0.15) is 11.8 Å². The highest BCUT2D eigenvalue weighted by Gasteiger charge is 2.29. The molecule has 0 aromatic heterocycles. The van der Waals surface area contributed by atoms with Crippen LogP contribution in [0.4, 0.5) is 0 Å². The van der Waals surface area contributed by atoms with E-state index in [1.54, 1.807) is 16.7 Å². The van der Waals surface area contributed by atoms with Gasteiger partial charge in [-0.3, -0.25) is 14.5 Å². The van der Waals surface area contributed by atoms with Crippen LogP contribution >= 0.6 is 11.8 Å². The lowest BCUT2D eigenvalue weighted by Gasteiger charge is -2.31. The highest BCUT2D eigenvalue weighted by atomic mass is 32.2. The van der Waals surface area contributed by atoms with Crippen molar-refractivity contribution in [2.24, 2.45) is 0 Å². The lowest BCUT2D eigenvalue weighted by Crippen LogP contribution is -2.51. The summed E-state index contributed by atoms with van der Waals surface area (Å²) in [7, 11) is 0. The molecule has 1 amide bonds. The molecule has 0 bridgehead atoms. The summed E-state index contributed by atoms with van der Waals surface area (Å²) in [6.07, 6.45) is 5.01. The number of carboxylic acid groups (broad SMARTS) is 1. The van der Waals surface area contributed by atoms with Gasteiger partial charge in [0.15, 0.2) is 0 Å². The van der Waals surface area contributed by atoms with Gasteiger partial charge < -0.3 is 10.4 Å². The summed E-state index contributed by atoms with van der Waals surface area (Å²) in [4.78, 5) is 24.0. The molecule has 5 nitrogen and oxygen atoms in total. The second kappa shape index (κ2) is 6.40. The van der Waals surface area contributed by atoms with E-state index in [0.29, 0.717) is 12.3 Å². The van der Waals surface area contributed by atoms with E-state index in [2.05, 4.69) is 11.2 Å². The Balaban J connectivity index is 2.47. The van der Waals surface area contributed by atoms with Gasteiger partial charge in [0.2, 0.25) is 5.91 Å². The molecule has 0 radical (unpaired) electrons. The number of thioether (sulfide) groups is 1. The molecule has 1 atom stereocenters. The van der Waals surface area contributed by atoms with Crippen LogP contribution in [0.1, 0.15) is 0 Å². The molecule has 1 rings (SSSR count). The van der Waals surface area contributed by atoms with Crippen LogP contribution in [-0.4, -0.2) is 59.1 Å². The van der Waals surface area contributed by atoms with E-state index in [0.717, 1.165) is 5.75 Å². The summed E-state index contributed by atoms with van der Waals surface area (Å²) in [6.45, 7) is 0.892. The molecule has 6 heteroatoms. The predicted octanol–water partition coefficient (Wildman–Crippen LogP) is -0.762. The number of amides is 1. The van der Waals surface area contributed by atoms with E-state index in [4.69, 9.17) is 11.5 Å². The van der Waals surface area contributed by atoms with Crippen LogP contribution in [0.15, 0.2) is 0 Å². The fraction of sp³-hybridized carbons (Fsp3) is 0.600. The van der Waals surface area contributed by atoms with Crippen molar-refractivity contribution in [2.75, 3.05) is 31.1 Å². The molecule has 88 valence electrons. The number of carbonyl (C=O) groups is 2. The molecule has 1 fully saturated rings. The first-order valence-corrected chi connectivity index (χ1v) is 6.05. The molecule has 0 aromatic rings. The Bertz CT molecular complexity index is 314. The Labute approximate surface area is 98.6 Å². The van der Waals surface area contributed by atoms with Crippen LogP contribution in [0.2, 0.25) is 0 Å². The number of nitrogens with one attached hydrogen (secondary N) is 1. The van der Waals surface area contributed by atoms with Gasteiger partial charge in [-0.25, -0.2) is 0 Å². The summed E-state index contributed by atoms with van der Waals surface area (Å²) >= 11 is 1.59. The molecular formula is C10H14N2O3S. The monoisotopic (exact) mass is 242 g/mol. The second-order valence-electron chi connectivity index (χ2n) is 3.38. The van der Waals surface area contributed by atoms with Gasteiger partial charge in [0.05, 0.1) is 13.1 Å². The van der Waals surface area contributed by atoms with Gasteiger partial charge in [-0.1, -0.05) is 5.92 Å². The van der Waals surface area contributed by atoms with Crippen molar-refractivity contribution in [3.63, 3.8) is 0 Å². The van der Waals surface area contributed by atoms with Gasteiger partial charge in [0, 0.05) is 18.1 Å². The molecule has 1 heterocycles. The quantitative estimate of drug-likeness (QED) is 0.634. The van der Waals surface area contributed by atoms with E-state index in [9.17, 15) is 9.59 Å². The number of hydrogen-bond donors (Lipinski definition) is 2. The molecule has 1 saturated heterocycles. The summed E-state index contributed by atoms with van der Waals surface area (Å²) < 4.78 is 0. The van der Waals surface area contributed by atoms with Crippen molar-refractivity contribution in [3.05, 3.63) is 0 Å². The van der Waals surface area contributed by atoms with Crippen molar-refractivity contribution < 1.29 is 14.7 Å². The van der Waals surface area contributed by atoms with Crippen LogP contribution < -0.4 is 5.32 Å². The number of hydrogen-bond acceptors (Lipinski definition) is 4. The minimum atomic E-state index is -0.878. The van der Waals surface area contributed by atoms with Crippen LogP contribution in [0, 0.1) is 12.3 Å². The zero-order chi connectivity index (χ0) is 12.0. The third-order valence-electron chi connectivity index (χ3n) is 2.26. The van der Waals surface area contributed by atoms with Crippen molar-refractivity contribution >= 4 is 23.6 Å². The van der Waals surface area contributed by atoms with Gasteiger partial charge >= 0.3 is 5.97 Å². The molecule has 0 spiro atoms. The number of nitrogens with zero attached hydrogens (tertiary/aromatic N) is 1. The van der Waals surface area contributed by atoms with Gasteiger partial charge in [-0.05, 0) is 0 Å². The normalized spacial score (nSPS) is 21.1. The molecule has 0 saturated carbocycles. The maximum Gasteiger partial charge on any atom is 0.321 e. The maximum absolute atomic E-state index is 11.4. The lowest BCUT2D eigenvalue weighted by atomic mass is 10.2. The first-order chi connectivity index (χ1) is 7.65. The van der Waals surface area contributed by atoms with Gasteiger partial charge in [-0.15, -0.1) is 6.42 Å². The standard InChI is InChI=1S/C10H14N2O3S/c1-2-3-11-9(13)6-12-4-5-16-7-8(12)10(14)15/h1,8H,3-7H2,(H,11,13)(H,14,15). The maximum atomic E-state index is 11.4. The van der Waals surface area contributed by atoms with E-state index >= 15 is 0 Å². The van der Waals surface area contributed by atoms with Crippen molar-refractivity contribution in [3.8, 4) is 12.3 Å². The van der Waals surface area contributed by atoms with Crippen molar-refractivity contribution in [1.82, 2.24) is 10.2 Å². The number of carbonyl (C=O) groups excluding carboxylic acids is 1. The first-order valence-electron chi connectivity index (χ1n) is 4.90. The number of rotatable bonds is 4. The smallest absolute Gasteiger partial charge is 0.321 e. The van der Waals surface area contributed by atoms with Gasteiger partial charge in [0.25, 0.3) is 0 Å². The predicted molar refractivity (Wildman–Crippen MR) is 62.2 cm³/mol. The fourth-order valence-electron chi connectivity index (χ4n) is 1.44. The Hall–Kier alpha value is -1.19. The molecule has 0 aliphatic carbocycles. The van der Waals surface area contributed by atoms with Crippen molar-refractivity contribution in [2.45, 2.75) is 6.04 Å². The third kappa shape index (κ3) is 3.76. The van der Waals surface area contributed by atoms with E-state index in [1.165, 1.54) is 0 Å². The first kappa shape index (κ1) is 12.9. The van der Waals surface area contributed by atoms with E-state index in [1.807, 2.05) is 0 Å². The zero-order valence-electron chi connectivity index (χ0n) is 8.81. The highest BCUT2D eigenvalue weighted by molar-refractivity contribution is 7.99. The molecular weight excluding hydrogens is 228 g/mol. The molecule has 16 heavy (non-hydrogen) atoms. The van der Waals surface area contributed by atoms with Crippen LogP contribution in [0.3, 0.4) is 0 Å². The van der Waals surface area contributed by atoms with Crippen LogP contribution in [0.25, 0.3) is 0 Å². The topological polar surface area (TPSA) is 69.6 Å². The van der Waals surface area contributed by atoms with E-state index in [-0.39, 0.29) is 19.0 Å². The largest absolute Gasteiger partial charge is 0.480 e. The zero-order valence-corrected chi connectivity index (χ0v) is 9.63. The van der Waals surface area contributed by atoms with Gasteiger partial charge in [0.1, 0.15) is 6.04 Å². The van der Waals surface area contributed by atoms with Crippen LogP contribution in [0.5, 0.6) is 0 Å². The molecule has 2 N–H and O–H groups in total. The Kier molecular flexibility index (Phi) is 5.15. The summed E-state index contributed by atoms with van der Waals surface area (Å²) in [6, 6.07) is -0.574. The average Bonchev–Trinajstić information content (AvgIpc) is 2.27. The number of terminal acetylenes is 1. The summed E-state index contributed by atoms with van der Waals surface area (Å²) in [5, 5.41) is 11.5.